The molecule has 2 saturated carbocycles. The van der Waals surface area contributed by atoms with Crippen molar-refractivity contribution in [2.24, 2.45) is 17.8 Å². The maximum atomic E-state index is 9.33. The summed E-state index contributed by atoms with van der Waals surface area (Å²) in [5, 5.41) is 13.1. The molecule has 4 atom stereocenters. The molecule has 2 heteroatoms. The number of aliphatic hydroxyl groups is 1. The fourth-order valence-electron chi connectivity index (χ4n) is 3.79. The smallest absolute Gasteiger partial charge is 0.0462 e. The summed E-state index contributed by atoms with van der Waals surface area (Å²) in [7, 11) is 0. The van der Waals surface area contributed by atoms with E-state index in [0.717, 1.165) is 24.4 Å². The van der Waals surface area contributed by atoms with Crippen LogP contribution in [-0.4, -0.2) is 24.3 Å². The van der Waals surface area contributed by atoms with Gasteiger partial charge in [-0.3, -0.25) is 0 Å². The molecule has 0 saturated heterocycles. The van der Waals surface area contributed by atoms with Crippen molar-refractivity contribution in [2.75, 3.05) is 13.2 Å². The Bertz CT molecular complexity index is 219. The minimum Gasteiger partial charge on any atom is -0.396 e. The Morgan fingerprint density at radius 1 is 1.06 bits per heavy atom. The molecule has 0 aromatic heterocycles. The normalized spacial score (nSPS) is 38.5. The SMILES string of the molecule is CCC1CCCC(NCC2CCCC2CO)C1. The first-order valence-electron chi connectivity index (χ1n) is 7.67. The first-order valence-corrected chi connectivity index (χ1v) is 7.67. The second-order valence-corrected chi connectivity index (χ2v) is 6.18. The van der Waals surface area contributed by atoms with Gasteiger partial charge in [0.05, 0.1) is 0 Å². The first kappa shape index (κ1) is 13.4. The lowest BCUT2D eigenvalue weighted by Gasteiger charge is -2.30. The summed E-state index contributed by atoms with van der Waals surface area (Å²) < 4.78 is 0. The Kier molecular flexibility index (Phi) is 5.30. The van der Waals surface area contributed by atoms with E-state index in [1.54, 1.807) is 0 Å². The Balaban J connectivity index is 1.70. The monoisotopic (exact) mass is 239 g/mol. The van der Waals surface area contributed by atoms with Gasteiger partial charge >= 0.3 is 0 Å². The van der Waals surface area contributed by atoms with Crippen molar-refractivity contribution in [3.63, 3.8) is 0 Å². The first-order chi connectivity index (χ1) is 8.33. The lowest BCUT2D eigenvalue weighted by Crippen LogP contribution is -2.38. The summed E-state index contributed by atoms with van der Waals surface area (Å²) in [6.45, 7) is 3.87. The van der Waals surface area contributed by atoms with Crippen molar-refractivity contribution in [1.82, 2.24) is 5.32 Å². The zero-order chi connectivity index (χ0) is 12.1. The van der Waals surface area contributed by atoms with Gasteiger partial charge in [0.1, 0.15) is 0 Å². The average Bonchev–Trinajstić information content (AvgIpc) is 2.84. The second-order valence-electron chi connectivity index (χ2n) is 6.18. The fraction of sp³-hybridized carbons (Fsp3) is 1.00. The van der Waals surface area contributed by atoms with Crippen LogP contribution in [0.3, 0.4) is 0 Å². The van der Waals surface area contributed by atoms with Crippen LogP contribution >= 0.6 is 0 Å². The van der Waals surface area contributed by atoms with Crippen molar-refractivity contribution in [3.05, 3.63) is 0 Å². The molecule has 17 heavy (non-hydrogen) atoms. The summed E-state index contributed by atoms with van der Waals surface area (Å²) in [5.74, 6) is 2.27. The van der Waals surface area contributed by atoms with Gasteiger partial charge in [0, 0.05) is 12.6 Å². The van der Waals surface area contributed by atoms with E-state index < -0.39 is 0 Å². The van der Waals surface area contributed by atoms with E-state index in [9.17, 15) is 5.11 Å². The van der Waals surface area contributed by atoms with Crippen molar-refractivity contribution in [2.45, 2.75) is 64.3 Å². The molecule has 0 bridgehead atoms. The molecule has 100 valence electrons. The van der Waals surface area contributed by atoms with Crippen molar-refractivity contribution in [1.29, 1.82) is 0 Å². The molecule has 2 aliphatic carbocycles. The van der Waals surface area contributed by atoms with Crippen LogP contribution in [-0.2, 0) is 0 Å². The van der Waals surface area contributed by atoms with Gasteiger partial charge in [-0.1, -0.05) is 32.6 Å². The summed E-state index contributed by atoms with van der Waals surface area (Å²) in [6, 6.07) is 0.758. The molecule has 2 rings (SSSR count). The van der Waals surface area contributed by atoms with Gasteiger partial charge in [-0.15, -0.1) is 0 Å². The summed E-state index contributed by atoms with van der Waals surface area (Å²) in [4.78, 5) is 0. The Morgan fingerprint density at radius 3 is 2.59 bits per heavy atom. The van der Waals surface area contributed by atoms with E-state index in [-0.39, 0.29) is 0 Å². The highest BCUT2D eigenvalue weighted by atomic mass is 16.3. The predicted molar refractivity (Wildman–Crippen MR) is 72.0 cm³/mol. The number of aliphatic hydroxyl groups excluding tert-OH is 1. The van der Waals surface area contributed by atoms with E-state index >= 15 is 0 Å². The van der Waals surface area contributed by atoms with E-state index in [1.165, 1.54) is 51.4 Å². The van der Waals surface area contributed by atoms with Gasteiger partial charge in [0.2, 0.25) is 0 Å². The van der Waals surface area contributed by atoms with E-state index in [2.05, 4.69) is 12.2 Å². The van der Waals surface area contributed by atoms with Crippen molar-refractivity contribution >= 4 is 0 Å². The van der Waals surface area contributed by atoms with Gasteiger partial charge < -0.3 is 10.4 Å². The molecule has 2 fully saturated rings. The Morgan fingerprint density at radius 2 is 1.82 bits per heavy atom. The maximum Gasteiger partial charge on any atom is 0.0462 e. The highest BCUT2D eigenvalue weighted by Crippen LogP contribution is 2.32. The van der Waals surface area contributed by atoms with Crippen molar-refractivity contribution < 1.29 is 5.11 Å². The number of rotatable bonds is 5. The quantitative estimate of drug-likeness (QED) is 0.773. The van der Waals surface area contributed by atoms with Crippen LogP contribution in [0.5, 0.6) is 0 Å². The topological polar surface area (TPSA) is 32.3 Å². The zero-order valence-corrected chi connectivity index (χ0v) is 11.3. The summed E-state index contributed by atoms with van der Waals surface area (Å²) >= 11 is 0. The standard InChI is InChI=1S/C15H29NO/c1-2-12-5-3-8-15(9-12)16-10-13-6-4-7-14(13)11-17/h12-17H,2-11H2,1H3. The van der Waals surface area contributed by atoms with Crippen LogP contribution in [0.4, 0.5) is 0 Å². The third-order valence-electron chi connectivity index (χ3n) is 5.08. The predicted octanol–water partition coefficient (Wildman–Crippen LogP) is 2.95. The molecule has 0 heterocycles. The lowest BCUT2D eigenvalue weighted by atomic mass is 9.84. The largest absolute Gasteiger partial charge is 0.396 e. The van der Waals surface area contributed by atoms with Gasteiger partial charge in [0.15, 0.2) is 0 Å². The van der Waals surface area contributed by atoms with Gasteiger partial charge in [-0.2, -0.15) is 0 Å². The highest BCUT2D eigenvalue weighted by molar-refractivity contribution is 4.82. The molecule has 0 spiro atoms. The van der Waals surface area contributed by atoms with Gasteiger partial charge in [-0.25, -0.2) is 0 Å². The molecular weight excluding hydrogens is 210 g/mol. The third kappa shape index (κ3) is 3.69. The minimum atomic E-state index is 0.397. The minimum absolute atomic E-state index is 0.397. The molecule has 2 aliphatic rings. The Hall–Kier alpha value is -0.0800. The maximum absolute atomic E-state index is 9.33. The zero-order valence-electron chi connectivity index (χ0n) is 11.3. The average molecular weight is 239 g/mol. The summed E-state index contributed by atoms with van der Waals surface area (Å²) in [6.07, 6.45) is 10.8. The molecule has 0 amide bonds. The highest BCUT2D eigenvalue weighted by Gasteiger charge is 2.28. The van der Waals surface area contributed by atoms with E-state index in [1.807, 2.05) is 0 Å². The summed E-state index contributed by atoms with van der Waals surface area (Å²) in [5.41, 5.74) is 0. The van der Waals surface area contributed by atoms with Crippen LogP contribution < -0.4 is 5.32 Å². The molecule has 0 aliphatic heterocycles. The van der Waals surface area contributed by atoms with E-state index in [0.29, 0.717) is 12.5 Å². The van der Waals surface area contributed by atoms with Crippen LogP contribution in [0.15, 0.2) is 0 Å². The molecule has 2 nitrogen and oxygen atoms in total. The molecule has 4 unspecified atom stereocenters. The van der Waals surface area contributed by atoms with Gasteiger partial charge in [-0.05, 0) is 50.0 Å². The number of hydrogen-bond acceptors (Lipinski definition) is 2. The molecule has 0 radical (unpaired) electrons. The van der Waals surface area contributed by atoms with Crippen LogP contribution in [0, 0.1) is 17.8 Å². The number of nitrogens with one attached hydrogen (secondary N) is 1. The molecule has 0 aromatic carbocycles. The fourth-order valence-corrected chi connectivity index (χ4v) is 3.79. The third-order valence-corrected chi connectivity index (χ3v) is 5.08. The molecule has 0 aromatic rings. The van der Waals surface area contributed by atoms with Crippen LogP contribution in [0.25, 0.3) is 0 Å². The van der Waals surface area contributed by atoms with Crippen LogP contribution in [0.1, 0.15) is 58.3 Å². The second kappa shape index (κ2) is 6.75. The lowest BCUT2D eigenvalue weighted by molar-refractivity contribution is 0.184. The number of hydrogen-bond donors (Lipinski definition) is 2. The Labute approximate surface area is 106 Å². The van der Waals surface area contributed by atoms with Crippen LogP contribution in [0.2, 0.25) is 0 Å². The molecular formula is C15H29NO. The van der Waals surface area contributed by atoms with Crippen molar-refractivity contribution in [3.8, 4) is 0 Å². The van der Waals surface area contributed by atoms with Gasteiger partial charge in [0.25, 0.3) is 0 Å². The van der Waals surface area contributed by atoms with E-state index in [4.69, 9.17) is 0 Å². The molecule has 2 N–H and O–H groups in total.